The van der Waals surface area contributed by atoms with Gasteiger partial charge in [-0.15, -0.1) is 0 Å². The second kappa shape index (κ2) is 7.41. The van der Waals surface area contributed by atoms with Gasteiger partial charge in [0.25, 0.3) is 0 Å². The summed E-state index contributed by atoms with van der Waals surface area (Å²) in [6, 6.07) is 11.5. The van der Waals surface area contributed by atoms with Crippen LogP contribution in [0.25, 0.3) is 11.1 Å². The highest BCUT2D eigenvalue weighted by atomic mass is 16.5. The number of nitriles is 1. The molecule has 0 fully saturated rings. The Labute approximate surface area is 146 Å². The lowest BCUT2D eigenvalue weighted by Gasteiger charge is -2.13. The first kappa shape index (κ1) is 16.4. The van der Waals surface area contributed by atoms with Crippen LogP contribution < -0.4 is 10.1 Å². The molecule has 6 heteroatoms. The van der Waals surface area contributed by atoms with Crippen LogP contribution in [0.4, 0.5) is 11.6 Å². The van der Waals surface area contributed by atoms with E-state index in [9.17, 15) is 0 Å². The minimum absolute atomic E-state index is 0.502. The van der Waals surface area contributed by atoms with E-state index in [2.05, 4.69) is 26.3 Å². The Morgan fingerprint density at radius 2 is 2.00 bits per heavy atom. The third-order valence-corrected chi connectivity index (χ3v) is 3.49. The van der Waals surface area contributed by atoms with Crippen molar-refractivity contribution in [2.24, 2.45) is 0 Å². The van der Waals surface area contributed by atoms with Crippen molar-refractivity contribution >= 4 is 11.6 Å². The van der Waals surface area contributed by atoms with E-state index < -0.39 is 0 Å². The Kier molecular flexibility index (Phi) is 4.86. The SMILES string of the molecule is CCOc1cc(-c2cncc(C#N)c2)cnc1Nc1cccc(C)n1. The number of pyridine rings is 3. The summed E-state index contributed by atoms with van der Waals surface area (Å²) in [5.41, 5.74) is 3.06. The lowest BCUT2D eigenvalue weighted by Crippen LogP contribution is -2.02. The number of rotatable bonds is 5. The molecule has 0 radical (unpaired) electrons. The van der Waals surface area contributed by atoms with E-state index in [1.54, 1.807) is 18.5 Å². The molecule has 0 unspecified atom stereocenters. The maximum Gasteiger partial charge on any atom is 0.174 e. The summed E-state index contributed by atoms with van der Waals surface area (Å²) in [6.07, 6.45) is 4.95. The smallest absolute Gasteiger partial charge is 0.174 e. The second-order valence-corrected chi connectivity index (χ2v) is 5.37. The van der Waals surface area contributed by atoms with Crippen molar-refractivity contribution in [2.75, 3.05) is 11.9 Å². The Bertz CT molecular complexity index is 933. The second-order valence-electron chi connectivity index (χ2n) is 5.37. The van der Waals surface area contributed by atoms with Crippen molar-refractivity contribution in [2.45, 2.75) is 13.8 Å². The van der Waals surface area contributed by atoms with Gasteiger partial charge in [0.2, 0.25) is 0 Å². The third-order valence-electron chi connectivity index (χ3n) is 3.49. The summed E-state index contributed by atoms with van der Waals surface area (Å²) >= 11 is 0. The highest BCUT2D eigenvalue weighted by Gasteiger charge is 2.10. The molecule has 0 amide bonds. The average Bonchev–Trinajstić information content (AvgIpc) is 2.63. The predicted octanol–water partition coefficient (Wildman–Crippen LogP) is 3.86. The number of aromatic nitrogens is 3. The van der Waals surface area contributed by atoms with Crippen molar-refractivity contribution in [3.63, 3.8) is 0 Å². The van der Waals surface area contributed by atoms with E-state index in [1.165, 1.54) is 6.20 Å². The molecule has 6 nitrogen and oxygen atoms in total. The molecule has 25 heavy (non-hydrogen) atoms. The molecule has 124 valence electrons. The van der Waals surface area contributed by atoms with Gasteiger partial charge in [0.1, 0.15) is 11.9 Å². The van der Waals surface area contributed by atoms with Crippen molar-refractivity contribution in [1.82, 2.24) is 15.0 Å². The van der Waals surface area contributed by atoms with Crippen molar-refractivity contribution < 1.29 is 4.74 Å². The number of nitrogens with one attached hydrogen (secondary N) is 1. The van der Waals surface area contributed by atoms with Crippen molar-refractivity contribution in [3.8, 4) is 22.9 Å². The lowest BCUT2D eigenvalue weighted by molar-refractivity contribution is 0.341. The molecule has 0 spiro atoms. The van der Waals surface area contributed by atoms with E-state index in [-0.39, 0.29) is 0 Å². The first-order chi connectivity index (χ1) is 12.2. The highest BCUT2D eigenvalue weighted by molar-refractivity contribution is 5.70. The van der Waals surface area contributed by atoms with E-state index in [0.717, 1.165) is 16.8 Å². The molecule has 0 bridgehead atoms. The van der Waals surface area contributed by atoms with Crippen LogP contribution in [-0.4, -0.2) is 21.6 Å². The lowest BCUT2D eigenvalue weighted by atomic mass is 10.1. The van der Waals surface area contributed by atoms with Crippen LogP contribution in [0.15, 0.2) is 48.9 Å². The van der Waals surface area contributed by atoms with Crippen LogP contribution >= 0.6 is 0 Å². The summed E-state index contributed by atoms with van der Waals surface area (Å²) < 4.78 is 5.72. The molecule has 0 saturated carbocycles. The molecule has 0 aliphatic carbocycles. The fourth-order valence-electron chi connectivity index (χ4n) is 2.35. The molecule has 0 atom stereocenters. The first-order valence-corrected chi connectivity index (χ1v) is 7.88. The van der Waals surface area contributed by atoms with Crippen LogP contribution in [0.1, 0.15) is 18.2 Å². The Hall–Kier alpha value is -3.46. The number of aryl methyl sites for hydroxylation is 1. The summed E-state index contributed by atoms with van der Waals surface area (Å²) in [4.78, 5) is 13.0. The largest absolute Gasteiger partial charge is 0.490 e. The molecule has 1 N–H and O–H groups in total. The van der Waals surface area contributed by atoms with Gasteiger partial charge in [-0.1, -0.05) is 6.07 Å². The van der Waals surface area contributed by atoms with E-state index >= 15 is 0 Å². The van der Waals surface area contributed by atoms with Crippen LogP contribution in [0.3, 0.4) is 0 Å². The maximum atomic E-state index is 9.03. The van der Waals surface area contributed by atoms with Gasteiger partial charge >= 0.3 is 0 Å². The van der Waals surface area contributed by atoms with Crippen LogP contribution in [0, 0.1) is 18.3 Å². The minimum Gasteiger partial charge on any atom is -0.490 e. The van der Waals surface area contributed by atoms with E-state index in [1.807, 2.05) is 38.1 Å². The van der Waals surface area contributed by atoms with Gasteiger partial charge in [-0.2, -0.15) is 5.26 Å². The molecule has 0 aliphatic rings. The zero-order chi connectivity index (χ0) is 17.6. The predicted molar refractivity (Wildman–Crippen MR) is 95.6 cm³/mol. The van der Waals surface area contributed by atoms with Crippen LogP contribution in [0.5, 0.6) is 5.75 Å². The molecule has 3 heterocycles. The normalized spacial score (nSPS) is 10.1. The van der Waals surface area contributed by atoms with Gasteiger partial charge in [0.05, 0.1) is 12.2 Å². The number of anilines is 2. The maximum absolute atomic E-state index is 9.03. The minimum atomic E-state index is 0.502. The Balaban J connectivity index is 1.96. The fraction of sp³-hybridized carbons (Fsp3) is 0.158. The number of nitrogens with zero attached hydrogens (tertiary/aromatic N) is 4. The van der Waals surface area contributed by atoms with Crippen molar-refractivity contribution in [3.05, 3.63) is 60.2 Å². The standard InChI is InChI=1S/C19H17N5O/c1-3-25-17-8-16(15-7-14(9-20)10-21-11-15)12-22-19(17)24-18-6-4-5-13(2)23-18/h4-8,10-12H,3H2,1-2H3,(H,22,23,24). The quantitative estimate of drug-likeness (QED) is 0.764. The summed E-state index contributed by atoms with van der Waals surface area (Å²) in [5, 5.41) is 12.2. The van der Waals surface area contributed by atoms with E-state index in [4.69, 9.17) is 10.00 Å². The monoisotopic (exact) mass is 331 g/mol. The topological polar surface area (TPSA) is 83.7 Å². The molecule has 3 aromatic rings. The van der Waals surface area contributed by atoms with Gasteiger partial charge in [-0.25, -0.2) is 9.97 Å². The molecular weight excluding hydrogens is 314 g/mol. The molecule has 0 aromatic carbocycles. The zero-order valence-electron chi connectivity index (χ0n) is 14.0. The van der Waals surface area contributed by atoms with E-state index in [0.29, 0.717) is 29.6 Å². The van der Waals surface area contributed by atoms with Crippen LogP contribution in [-0.2, 0) is 0 Å². The molecule has 3 aromatic heterocycles. The Morgan fingerprint density at radius 1 is 1.16 bits per heavy atom. The Morgan fingerprint density at radius 3 is 2.76 bits per heavy atom. The van der Waals surface area contributed by atoms with Gasteiger partial charge in [-0.05, 0) is 38.1 Å². The van der Waals surface area contributed by atoms with Crippen LogP contribution in [0.2, 0.25) is 0 Å². The summed E-state index contributed by atoms with van der Waals surface area (Å²) in [7, 11) is 0. The highest BCUT2D eigenvalue weighted by Crippen LogP contribution is 2.30. The average molecular weight is 331 g/mol. The van der Waals surface area contributed by atoms with Gasteiger partial charge in [0, 0.05) is 35.4 Å². The molecule has 3 rings (SSSR count). The van der Waals surface area contributed by atoms with Gasteiger partial charge < -0.3 is 10.1 Å². The zero-order valence-corrected chi connectivity index (χ0v) is 14.0. The van der Waals surface area contributed by atoms with Gasteiger partial charge in [0.15, 0.2) is 11.6 Å². The summed E-state index contributed by atoms with van der Waals surface area (Å²) in [5.74, 6) is 1.91. The third kappa shape index (κ3) is 3.90. The van der Waals surface area contributed by atoms with Gasteiger partial charge in [-0.3, -0.25) is 4.98 Å². The number of hydrogen-bond donors (Lipinski definition) is 1. The first-order valence-electron chi connectivity index (χ1n) is 7.88. The molecule has 0 aliphatic heterocycles. The fourth-order valence-corrected chi connectivity index (χ4v) is 2.35. The number of hydrogen-bond acceptors (Lipinski definition) is 6. The summed E-state index contributed by atoms with van der Waals surface area (Å²) in [6.45, 7) is 4.36. The molecular formula is C19H17N5O. The van der Waals surface area contributed by atoms with Crippen molar-refractivity contribution in [1.29, 1.82) is 5.26 Å². The molecule has 0 saturated heterocycles. The number of ether oxygens (including phenoxy) is 1.